The Morgan fingerprint density at radius 1 is 0.607 bits per heavy atom. The Hall–Kier alpha value is -6.10. The monoisotopic (exact) mass is 771 g/mol. The average Bonchev–Trinajstić information content (AvgIpc) is 3.25. The van der Waals surface area contributed by atoms with Crippen molar-refractivity contribution in [2.75, 3.05) is 0 Å². The summed E-state index contributed by atoms with van der Waals surface area (Å²) in [5.74, 6) is -0.845. The molecule has 0 aliphatic heterocycles. The molecule has 6 aromatic rings. The number of carbonyl (C=O) groups is 2. The van der Waals surface area contributed by atoms with Crippen LogP contribution in [-0.2, 0) is 56.0 Å². The minimum atomic E-state index is -4.28. The largest absolute Gasteiger partial charge is 0.530 e. The Bertz CT molecular complexity index is 2150. The summed E-state index contributed by atoms with van der Waals surface area (Å²) in [5, 5.41) is 0. The summed E-state index contributed by atoms with van der Waals surface area (Å²) in [7, 11) is -4.28. The van der Waals surface area contributed by atoms with E-state index in [0.29, 0.717) is 5.56 Å². The summed E-state index contributed by atoms with van der Waals surface area (Å²) >= 11 is 0. The number of benzene rings is 5. The molecule has 6 rings (SSSR count). The van der Waals surface area contributed by atoms with E-state index in [4.69, 9.17) is 23.0 Å². The van der Waals surface area contributed by atoms with E-state index in [2.05, 4.69) is 15.8 Å². The topological polar surface area (TPSA) is 134 Å². The second-order valence-electron chi connectivity index (χ2n) is 13.0. The van der Waals surface area contributed by atoms with Gasteiger partial charge >= 0.3 is 13.8 Å². The summed E-state index contributed by atoms with van der Waals surface area (Å²) < 4.78 is 44.4. The van der Waals surface area contributed by atoms with Gasteiger partial charge in [-0.3, -0.25) is 24.3 Å². The first kappa shape index (κ1) is 39.6. The molecule has 1 aromatic heterocycles. The van der Waals surface area contributed by atoms with Crippen molar-refractivity contribution in [2.24, 2.45) is 0 Å². The zero-order valence-electron chi connectivity index (χ0n) is 30.8. The summed E-state index contributed by atoms with van der Waals surface area (Å²) in [6, 6.07) is 47.3. The molecule has 0 aliphatic carbocycles. The van der Waals surface area contributed by atoms with Crippen molar-refractivity contribution in [3.05, 3.63) is 197 Å². The van der Waals surface area contributed by atoms with Gasteiger partial charge in [0.2, 0.25) is 0 Å². The fraction of sp³-hybridized carbons (Fsp3) is 0.159. The van der Waals surface area contributed by atoms with Gasteiger partial charge in [-0.1, -0.05) is 133 Å². The van der Waals surface area contributed by atoms with Crippen molar-refractivity contribution in [2.45, 2.75) is 45.3 Å². The number of nitrogens with one attached hydrogen (secondary N) is 2. The van der Waals surface area contributed by atoms with Gasteiger partial charge in [-0.15, -0.1) is 0 Å². The second kappa shape index (κ2) is 19.5. The molecule has 0 unspecified atom stereocenters. The van der Waals surface area contributed by atoms with Crippen LogP contribution in [0.3, 0.4) is 0 Å². The third-order valence-electron chi connectivity index (χ3n) is 8.49. The van der Waals surface area contributed by atoms with Crippen LogP contribution < -0.4 is 20.1 Å². The zero-order chi connectivity index (χ0) is 39.1. The number of aromatic nitrogens is 1. The van der Waals surface area contributed by atoms with Crippen LogP contribution in [0.1, 0.15) is 45.2 Å². The minimum absolute atomic E-state index is 0.0184. The lowest BCUT2D eigenvalue weighted by Crippen LogP contribution is -2.59. The molecule has 1 amide bonds. The van der Waals surface area contributed by atoms with E-state index in [9.17, 15) is 14.2 Å². The van der Waals surface area contributed by atoms with Crippen LogP contribution in [0.15, 0.2) is 164 Å². The molecule has 0 bridgehead atoms. The van der Waals surface area contributed by atoms with E-state index in [0.717, 1.165) is 22.3 Å². The van der Waals surface area contributed by atoms with Crippen LogP contribution in [0.25, 0.3) is 0 Å². The Morgan fingerprint density at radius 2 is 1.12 bits per heavy atom. The number of phosphoric ester groups is 1. The van der Waals surface area contributed by atoms with E-state index < -0.39 is 25.2 Å². The van der Waals surface area contributed by atoms with Crippen molar-refractivity contribution in [3.63, 3.8) is 0 Å². The molecule has 0 fully saturated rings. The molecule has 0 saturated heterocycles. The van der Waals surface area contributed by atoms with Crippen molar-refractivity contribution < 1.29 is 37.2 Å². The molecule has 0 saturated carbocycles. The van der Waals surface area contributed by atoms with E-state index in [1.807, 2.05) is 121 Å². The SMILES string of the molecule is C[C@@](Cc1ccc(OP(=O)(OCc2ccccc2)OCc2ccccc2)c(OCc2ccccc2)c1)(NNC(=O)c1ccccn1)C(=O)OCc1ccccc1. The molecule has 56 heavy (non-hydrogen) atoms. The number of rotatable bonds is 19. The highest BCUT2D eigenvalue weighted by Gasteiger charge is 2.37. The second-order valence-corrected chi connectivity index (χ2v) is 14.6. The first-order valence-electron chi connectivity index (χ1n) is 17.9. The van der Waals surface area contributed by atoms with Crippen LogP contribution in [0.2, 0.25) is 0 Å². The normalized spacial score (nSPS) is 12.2. The van der Waals surface area contributed by atoms with Gasteiger partial charge in [0, 0.05) is 12.6 Å². The third kappa shape index (κ3) is 11.7. The summed E-state index contributed by atoms with van der Waals surface area (Å²) in [5.41, 5.74) is 8.03. The van der Waals surface area contributed by atoms with E-state index >= 15 is 0 Å². The lowest BCUT2D eigenvalue weighted by molar-refractivity contribution is -0.152. The maximum absolute atomic E-state index is 14.4. The van der Waals surface area contributed by atoms with Crippen molar-refractivity contribution in [1.82, 2.24) is 15.8 Å². The molecule has 286 valence electrons. The molecular weight excluding hydrogens is 729 g/mol. The summed E-state index contributed by atoms with van der Waals surface area (Å²) in [6.45, 7) is 1.71. The Morgan fingerprint density at radius 3 is 1.66 bits per heavy atom. The standard InChI is InChI=1S/C44H42N3O8P/c1-44(43(49)52-31-35-18-8-3-9-19-35,47-46-42(48)39-24-14-15-27-45-39)29-38-25-26-40(41(28-38)51-30-34-16-6-2-7-17-34)55-56(50,53-32-36-20-10-4-11-21-36)54-33-37-22-12-5-13-23-37/h2-28,47H,29-33H2,1H3,(H,46,48)/t44-/m0/s1. The first-order chi connectivity index (χ1) is 27.3. The number of pyridine rings is 1. The van der Waals surface area contributed by atoms with Gasteiger partial charge in [-0.05, 0) is 59.0 Å². The maximum Gasteiger partial charge on any atom is 0.530 e. The molecule has 0 spiro atoms. The highest BCUT2D eigenvalue weighted by atomic mass is 31.2. The molecule has 2 N–H and O–H groups in total. The van der Waals surface area contributed by atoms with Gasteiger partial charge in [-0.2, -0.15) is 0 Å². The zero-order valence-corrected chi connectivity index (χ0v) is 31.7. The number of carbonyl (C=O) groups excluding carboxylic acids is 2. The van der Waals surface area contributed by atoms with Crippen molar-refractivity contribution in [3.8, 4) is 11.5 Å². The summed E-state index contributed by atoms with van der Waals surface area (Å²) in [6.07, 6.45) is 1.53. The quantitative estimate of drug-likeness (QED) is 0.0469. The van der Waals surface area contributed by atoms with Crippen LogP contribution in [0.5, 0.6) is 11.5 Å². The molecule has 12 heteroatoms. The number of nitrogens with zero attached hydrogens (tertiary/aromatic N) is 1. The molecular formula is C44H42N3O8P. The summed E-state index contributed by atoms with van der Waals surface area (Å²) in [4.78, 5) is 31.0. The Kier molecular flexibility index (Phi) is 13.8. The van der Waals surface area contributed by atoms with Crippen LogP contribution in [-0.4, -0.2) is 22.4 Å². The predicted octanol–water partition coefficient (Wildman–Crippen LogP) is 8.56. The number of ether oxygens (including phenoxy) is 2. The molecule has 11 nitrogen and oxygen atoms in total. The van der Waals surface area contributed by atoms with Crippen LogP contribution >= 0.6 is 7.82 Å². The predicted molar refractivity (Wildman–Crippen MR) is 211 cm³/mol. The lowest BCUT2D eigenvalue weighted by Gasteiger charge is -2.29. The fourth-order valence-electron chi connectivity index (χ4n) is 5.47. The molecule has 5 aromatic carbocycles. The molecule has 1 heterocycles. The lowest BCUT2D eigenvalue weighted by atomic mass is 9.93. The molecule has 0 aliphatic rings. The van der Waals surface area contributed by atoms with Gasteiger partial charge in [0.05, 0.1) is 13.2 Å². The van der Waals surface area contributed by atoms with Gasteiger partial charge in [0.1, 0.15) is 24.4 Å². The van der Waals surface area contributed by atoms with Crippen molar-refractivity contribution >= 4 is 19.7 Å². The van der Waals surface area contributed by atoms with E-state index in [-0.39, 0.29) is 50.0 Å². The smallest absolute Gasteiger partial charge is 0.485 e. The maximum atomic E-state index is 14.4. The first-order valence-corrected chi connectivity index (χ1v) is 19.4. The molecule has 0 radical (unpaired) electrons. The Labute approximate surface area is 326 Å². The van der Waals surface area contributed by atoms with Crippen molar-refractivity contribution in [1.29, 1.82) is 0 Å². The number of hydrogen-bond donors (Lipinski definition) is 2. The average molecular weight is 772 g/mol. The fourth-order valence-corrected chi connectivity index (χ4v) is 6.65. The highest BCUT2D eigenvalue weighted by Crippen LogP contribution is 2.53. The van der Waals surface area contributed by atoms with Crippen LogP contribution in [0.4, 0.5) is 0 Å². The highest BCUT2D eigenvalue weighted by molar-refractivity contribution is 7.48. The number of amides is 1. The third-order valence-corrected chi connectivity index (χ3v) is 9.80. The van der Waals surface area contributed by atoms with Gasteiger partial charge in [0.25, 0.3) is 5.91 Å². The van der Waals surface area contributed by atoms with E-state index in [1.165, 1.54) is 6.20 Å². The van der Waals surface area contributed by atoms with Gasteiger partial charge in [-0.25, -0.2) is 14.8 Å². The number of hydrogen-bond acceptors (Lipinski definition) is 10. The molecule has 1 atom stereocenters. The minimum Gasteiger partial charge on any atom is -0.485 e. The number of phosphoric acid groups is 1. The number of hydrazine groups is 1. The van der Waals surface area contributed by atoms with Gasteiger partial charge in [0.15, 0.2) is 11.5 Å². The van der Waals surface area contributed by atoms with E-state index in [1.54, 1.807) is 43.3 Å². The number of esters is 1. The van der Waals surface area contributed by atoms with Crippen LogP contribution in [0, 0.1) is 0 Å². The Balaban J connectivity index is 1.28. The van der Waals surface area contributed by atoms with Gasteiger partial charge < -0.3 is 14.0 Å².